The Bertz CT molecular complexity index is 3340. The van der Waals surface area contributed by atoms with Gasteiger partial charge in [-0.05, 0) is 80.9 Å². The molecule has 0 radical (unpaired) electrons. The predicted molar refractivity (Wildman–Crippen MR) is 231 cm³/mol. The summed E-state index contributed by atoms with van der Waals surface area (Å²) in [5.41, 5.74) is 15.1. The van der Waals surface area contributed by atoms with Crippen molar-refractivity contribution in [2.24, 2.45) is 0 Å². The van der Waals surface area contributed by atoms with Crippen LogP contribution in [0.3, 0.4) is 0 Å². The first-order valence-corrected chi connectivity index (χ1v) is 19.8. The van der Waals surface area contributed by atoms with Gasteiger partial charge in [0.05, 0.1) is 16.4 Å². The van der Waals surface area contributed by atoms with Gasteiger partial charge in [-0.2, -0.15) is 5.26 Å². The number of imidazole rings is 1. The van der Waals surface area contributed by atoms with Crippen LogP contribution >= 0.6 is 0 Å². The summed E-state index contributed by atoms with van der Waals surface area (Å²) in [6.45, 7) is 2.16. The Morgan fingerprint density at radius 2 is 1.19 bits per heavy atom. The van der Waals surface area contributed by atoms with Gasteiger partial charge in [0.2, 0.25) is 5.76 Å². The number of para-hydroxylation sites is 2. The standard InChI is InChI=1S/C52H32N6O/c1-2-47-54-44-19-11-12-20-45(44)58(47)34-22-24-41-37(28-34)36-17-9-10-18-40(36)52(41)42-23-21-33(27-38(42)48-39-29-35(30-53)59-46(39)26-25-43(48)52)51-56-49(31-13-5-3-6-14-31)55-50(57-51)32-15-7-4-8-16-32/h3-29H,2H2,1H3. The molecule has 0 bridgehead atoms. The van der Waals surface area contributed by atoms with Crippen molar-refractivity contribution in [2.75, 3.05) is 0 Å². The molecule has 2 aliphatic carbocycles. The zero-order valence-electron chi connectivity index (χ0n) is 31.9. The molecule has 0 fully saturated rings. The number of nitriles is 1. The van der Waals surface area contributed by atoms with E-state index in [-0.39, 0.29) is 5.76 Å². The molecule has 276 valence electrons. The Labute approximate surface area is 339 Å². The van der Waals surface area contributed by atoms with Gasteiger partial charge < -0.3 is 4.42 Å². The van der Waals surface area contributed by atoms with Crippen molar-refractivity contribution < 1.29 is 4.42 Å². The summed E-state index contributed by atoms with van der Waals surface area (Å²) in [5, 5.41) is 10.9. The van der Waals surface area contributed by atoms with E-state index < -0.39 is 5.41 Å². The van der Waals surface area contributed by atoms with Gasteiger partial charge in [0, 0.05) is 40.3 Å². The maximum absolute atomic E-state index is 10.0. The van der Waals surface area contributed by atoms with Crippen molar-refractivity contribution in [3.63, 3.8) is 0 Å². The molecular formula is C52H32N6O. The van der Waals surface area contributed by atoms with E-state index in [0.29, 0.717) is 23.1 Å². The number of hydrogen-bond donors (Lipinski definition) is 0. The lowest BCUT2D eigenvalue weighted by atomic mass is 9.70. The molecule has 7 heteroatoms. The second kappa shape index (κ2) is 12.5. The molecule has 1 spiro atoms. The van der Waals surface area contributed by atoms with Crippen molar-refractivity contribution in [1.82, 2.24) is 24.5 Å². The molecule has 10 aromatic rings. The fourth-order valence-electron chi connectivity index (χ4n) is 9.66. The molecule has 1 atom stereocenters. The number of rotatable bonds is 5. The molecule has 12 rings (SSSR count). The fourth-order valence-corrected chi connectivity index (χ4v) is 9.66. The van der Waals surface area contributed by atoms with Crippen LogP contribution < -0.4 is 0 Å². The van der Waals surface area contributed by atoms with E-state index in [1.807, 2.05) is 78.9 Å². The highest BCUT2D eigenvalue weighted by Crippen LogP contribution is 2.64. The van der Waals surface area contributed by atoms with E-state index in [4.69, 9.17) is 24.4 Å². The van der Waals surface area contributed by atoms with Crippen LogP contribution in [0.1, 0.15) is 40.8 Å². The largest absolute Gasteiger partial charge is 0.446 e. The smallest absolute Gasteiger partial charge is 0.204 e. The number of hydrogen-bond acceptors (Lipinski definition) is 6. The molecule has 0 amide bonds. The van der Waals surface area contributed by atoms with Crippen molar-refractivity contribution in [3.8, 4) is 68.2 Å². The van der Waals surface area contributed by atoms with Crippen LogP contribution in [0.5, 0.6) is 0 Å². The summed E-state index contributed by atoms with van der Waals surface area (Å²) in [5.74, 6) is 3.09. The molecular weight excluding hydrogens is 725 g/mol. The van der Waals surface area contributed by atoms with E-state index in [9.17, 15) is 5.26 Å². The predicted octanol–water partition coefficient (Wildman–Crippen LogP) is 11.7. The summed E-state index contributed by atoms with van der Waals surface area (Å²) in [6.07, 6.45) is 0.807. The van der Waals surface area contributed by atoms with Gasteiger partial charge >= 0.3 is 0 Å². The Kier molecular flexibility index (Phi) is 7.05. The van der Waals surface area contributed by atoms with Crippen molar-refractivity contribution >= 4 is 22.0 Å². The maximum Gasteiger partial charge on any atom is 0.204 e. The van der Waals surface area contributed by atoms with Crippen LogP contribution in [0, 0.1) is 11.3 Å². The molecule has 3 heterocycles. The molecule has 7 aromatic carbocycles. The zero-order valence-corrected chi connectivity index (χ0v) is 31.9. The minimum Gasteiger partial charge on any atom is -0.446 e. The van der Waals surface area contributed by atoms with E-state index in [1.165, 1.54) is 22.3 Å². The average molecular weight is 757 g/mol. The Balaban J connectivity index is 1.13. The molecule has 0 aliphatic heterocycles. The second-order valence-electron chi connectivity index (χ2n) is 15.2. The lowest BCUT2D eigenvalue weighted by Crippen LogP contribution is -2.25. The molecule has 1 unspecified atom stereocenters. The van der Waals surface area contributed by atoms with Gasteiger partial charge in [-0.15, -0.1) is 0 Å². The lowest BCUT2D eigenvalue weighted by molar-refractivity contribution is 0.599. The van der Waals surface area contributed by atoms with Gasteiger partial charge in [-0.25, -0.2) is 19.9 Å². The van der Waals surface area contributed by atoms with E-state index in [2.05, 4.69) is 102 Å². The molecule has 0 saturated carbocycles. The average Bonchev–Trinajstić information content (AvgIpc) is 4.05. The van der Waals surface area contributed by atoms with Crippen molar-refractivity contribution in [3.05, 3.63) is 198 Å². The summed E-state index contributed by atoms with van der Waals surface area (Å²) in [4.78, 5) is 20.2. The maximum atomic E-state index is 10.0. The molecule has 0 saturated heterocycles. The minimum atomic E-state index is -0.639. The highest BCUT2D eigenvalue weighted by Gasteiger charge is 2.52. The zero-order chi connectivity index (χ0) is 39.2. The first kappa shape index (κ1) is 33.2. The monoisotopic (exact) mass is 756 g/mol. The lowest BCUT2D eigenvalue weighted by Gasteiger charge is -2.30. The Morgan fingerprint density at radius 1 is 0.559 bits per heavy atom. The van der Waals surface area contributed by atoms with Crippen LogP contribution in [0.2, 0.25) is 0 Å². The topological polar surface area (TPSA) is 93.4 Å². The Morgan fingerprint density at radius 3 is 1.93 bits per heavy atom. The van der Waals surface area contributed by atoms with Crippen LogP contribution in [0.4, 0.5) is 0 Å². The SMILES string of the molecule is CCc1nc2ccccc2n1-c1ccc2c(c1)-c1ccccc1C21c2ccc(-c3nc(-c4ccccc4)nc(-c4ccccc4)n3)cc2-c2c1ccc1oc(C#N)cc21. The van der Waals surface area contributed by atoms with Crippen LogP contribution in [0.25, 0.3) is 84.1 Å². The van der Waals surface area contributed by atoms with Gasteiger partial charge in [0.15, 0.2) is 17.5 Å². The van der Waals surface area contributed by atoms with E-state index in [0.717, 1.165) is 73.3 Å². The van der Waals surface area contributed by atoms with Gasteiger partial charge in [0.1, 0.15) is 17.5 Å². The first-order chi connectivity index (χ1) is 29.1. The number of aryl methyl sites for hydroxylation is 1. The molecule has 59 heavy (non-hydrogen) atoms. The van der Waals surface area contributed by atoms with Crippen LogP contribution in [-0.4, -0.2) is 24.5 Å². The van der Waals surface area contributed by atoms with Crippen LogP contribution in [0.15, 0.2) is 168 Å². The first-order valence-electron chi connectivity index (χ1n) is 19.8. The highest BCUT2D eigenvalue weighted by atomic mass is 16.3. The summed E-state index contributed by atoms with van der Waals surface area (Å²) in [6, 6.07) is 59.1. The van der Waals surface area contributed by atoms with Gasteiger partial charge in [-0.1, -0.05) is 128 Å². The number of furan rings is 1. The Hall–Kier alpha value is -7.95. The fraction of sp³-hybridized carbons (Fsp3) is 0.0577. The second-order valence-corrected chi connectivity index (χ2v) is 15.2. The van der Waals surface area contributed by atoms with E-state index in [1.54, 1.807) is 0 Å². The third kappa shape index (κ3) is 4.69. The molecule has 7 nitrogen and oxygen atoms in total. The van der Waals surface area contributed by atoms with Crippen LogP contribution in [-0.2, 0) is 11.8 Å². The number of aromatic nitrogens is 5. The minimum absolute atomic E-state index is 0.278. The highest BCUT2D eigenvalue weighted by molar-refractivity contribution is 6.06. The molecule has 2 aliphatic rings. The quantitative estimate of drug-likeness (QED) is 0.174. The summed E-state index contributed by atoms with van der Waals surface area (Å²) < 4.78 is 8.40. The normalized spacial score (nSPS) is 14.6. The molecule has 3 aromatic heterocycles. The van der Waals surface area contributed by atoms with E-state index >= 15 is 0 Å². The van der Waals surface area contributed by atoms with Gasteiger partial charge in [-0.3, -0.25) is 4.57 Å². The van der Waals surface area contributed by atoms with Gasteiger partial charge in [0.25, 0.3) is 0 Å². The number of benzene rings is 7. The van der Waals surface area contributed by atoms with Crippen molar-refractivity contribution in [1.29, 1.82) is 5.26 Å². The number of nitrogens with zero attached hydrogens (tertiary/aromatic N) is 6. The summed E-state index contributed by atoms with van der Waals surface area (Å²) in [7, 11) is 0. The number of fused-ring (bicyclic) bond motifs is 13. The van der Waals surface area contributed by atoms with Crippen molar-refractivity contribution in [2.45, 2.75) is 18.8 Å². The third-order valence-electron chi connectivity index (χ3n) is 12.1. The third-order valence-corrected chi connectivity index (χ3v) is 12.1. The molecule has 0 N–H and O–H groups in total. The summed E-state index contributed by atoms with van der Waals surface area (Å²) >= 11 is 0.